The molecule has 0 bridgehead atoms. The number of carbonyl (C=O) groups is 1. The Balaban J connectivity index is 2.09. The van der Waals surface area contributed by atoms with Crippen LogP contribution in [0.15, 0.2) is 0 Å². The highest BCUT2D eigenvalue weighted by Gasteiger charge is 2.40. The Bertz CT molecular complexity index is 224. The van der Waals surface area contributed by atoms with Gasteiger partial charge in [0.05, 0.1) is 18.8 Å². The maximum Gasteiger partial charge on any atom is 0.320 e. The molecule has 1 aliphatic rings. The van der Waals surface area contributed by atoms with Gasteiger partial charge in [-0.25, -0.2) is 0 Å². The molecule has 1 rings (SSSR count). The first-order valence-corrected chi connectivity index (χ1v) is 6.20. The van der Waals surface area contributed by atoms with Crippen molar-refractivity contribution in [2.75, 3.05) is 26.2 Å². The minimum Gasteiger partial charge on any atom is -0.465 e. The Labute approximate surface area is 97.6 Å². The number of esters is 1. The van der Waals surface area contributed by atoms with E-state index in [-0.39, 0.29) is 5.97 Å². The molecular weight excluding hydrogens is 206 g/mol. The molecule has 0 spiro atoms. The summed E-state index contributed by atoms with van der Waals surface area (Å²) < 4.78 is 5.05. The van der Waals surface area contributed by atoms with E-state index >= 15 is 0 Å². The molecule has 0 atom stereocenters. The third-order valence-corrected chi connectivity index (χ3v) is 2.86. The first-order valence-electron chi connectivity index (χ1n) is 6.20. The SMILES string of the molecule is CCCCOC(=O)CN1CC(O)(CCC)C1. The highest BCUT2D eigenvalue weighted by Crippen LogP contribution is 2.25. The number of aliphatic hydroxyl groups is 1. The monoisotopic (exact) mass is 229 g/mol. The van der Waals surface area contributed by atoms with Gasteiger partial charge in [-0.1, -0.05) is 26.7 Å². The summed E-state index contributed by atoms with van der Waals surface area (Å²) in [4.78, 5) is 13.3. The lowest BCUT2D eigenvalue weighted by Crippen LogP contribution is -2.62. The molecule has 4 nitrogen and oxygen atoms in total. The van der Waals surface area contributed by atoms with Crippen molar-refractivity contribution in [1.82, 2.24) is 4.90 Å². The molecule has 0 aromatic carbocycles. The third-order valence-electron chi connectivity index (χ3n) is 2.86. The van der Waals surface area contributed by atoms with Crippen LogP contribution in [0, 0.1) is 0 Å². The van der Waals surface area contributed by atoms with Gasteiger partial charge in [-0.3, -0.25) is 9.69 Å². The smallest absolute Gasteiger partial charge is 0.320 e. The van der Waals surface area contributed by atoms with Crippen LogP contribution in [0.4, 0.5) is 0 Å². The molecule has 1 aliphatic heterocycles. The van der Waals surface area contributed by atoms with Crippen LogP contribution < -0.4 is 0 Å². The molecule has 0 aromatic heterocycles. The van der Waals surface area contributed by atoms with Crippen LogP contribution in [0.5, 0.6) is 0 Å². The van der Waals surface area contributed by atoms with E-state index < -0.39 is 5.60 Å². The second kappa shape index (κ2) is 6.21. The van der Waals surface area contributed by atoms with Gasteiger partial charge in [0.25, 0.3) is 0 Å². The van der Waals surface area contributed by atoms with Gasteiger partial charge in [-0.05, 0) is 12.8 Å². The fourth-order valence-corrected chi connectivity index (χ4v) is 2.08. The molecule has 1 N–H and O–H groups in total. The first kappa shape index (κ1) is 13.5. The number of unbranched alkanes of at least 4 members (excludes halogenated alkanes) is 1. The minimum absolute atomic E-state index is 0.174. The van der Waals surface area contributed by atoms with E-state index in [2.05, 4.69) is 13.8 Å². The second-order valence-corrected chi connectivity index (χ2v) is 4.69. The molecular formula is C12H23NO3. The molecule has 0 aromatic rings. The van der Waals surface area contributed by atoms with Crippen molar-refractivity contribution in [1.29, 1.82) is 0 Å². The van der Waals surface area contributed by atoms with Gasteiger partial charge < -0.3 is 9.84 Å². The van der Waals surface area contributed by atoms with Gasteiger partial charge in [0.2, 0.25) is 0 Å². The van der Waals surface area contributed by atoms with Gasteiger partial charge >= 0.3 is 5.97 Å². The average molecular weight is 229 g/mol. The molecule has 0 radical (unpaired) electrons. The quantitative estimate of drug-likeness (QED) is 0.526. The Morgan fingerprint density at radius 2 is 2.06 bits per heavy atom. The van der Waals surface area contributed by atoms with E-state index in [1.54, 1.807) is 0 Å². The standard InChI is InChI=1S/C12H23NO3/c1-3-5-7-16-11(14)8-13-9-12(15,10-13)6-4-2/h15H,3-10H2,1-2H3. The molecule has 16 heavy (non-hydrogen) atoms. The van der Waals surface area contributed by atoms with Crippen molar-refractivity contribution in [3.8, 4) is 0 Å². The number of hydrogen-bond donors (Lipinski definition) is 1. The molecule has 1 fully saturated rings. The lowest BCUT2D eigenvalue weighted by atomic mass is 9.89. The summed E-state index contributed by atoms with van der Waals surface area (Å²) in [6.45, 7) is 6.15. The van der Waals surface area contributed by atoms with Crippen LogP contribution in [-0.4, -0.2) is 47.8 Å². The van der Waals surface area contributed by atoms with E-state index in [0.717, 1.165) is 25.7 Å². The number of ether oxygens (including phenoxy) is 1. The molecule has 94 valence electrons. The van der Waals surface area contributed by atoms with E-state index in [1.807, 2.05) is 4.90 Å². The predicted octanol–water partition coefficient (Wildman–Crippen LogP) is 1.18. The van der Waals surface area contributed by atoms with Crippen LogP contribution in [0.2, 0.25) is 0 Å². The molecule has 0 amide bonds. The van der Waals surface area contributed by atoms with E-state index in [1.165, 1.54) is 0 Å². The van der Waals surface area contributed by atoms with Crippen LogP contribution >= 0.6 is 0 Å². The maximum atomic E-state index is 11.3. The highest BCUT2D eigenvalue weighted by atomic mass is 16.5. The lowest BCUT2D eigenvalue weighted by molar-refractivity contribution is -0.154. The van der Waals surface area contributed by atoms with Crippen LogP contribution in [0.1, 0.15) is 39.5 Å². The molecule has 4 heteroatoms. The van der Waals surface area contributed by atoms with Crippen molar-refractivity contribution in [2.24, 2.45) is 0 Å². The summed E-state index contributed by atoms with van der Waals surface area (Å²) in [6.07, 6.45) is 3.75. The van der Waals surface area contributed by atoms with Crippen molar-refractivity contribution >= 4 is 5.97 Å². The van der Waals surface area contributed by atoms with Crippen molar-refractivity contribution in [2.45, 2.75) is 45.1 Å². The van der Waals surface area contributed by atoms with Gasteiger partial charge in [0, 0.05) is 13.1 Å². The first-order chi connectivity index (χ1) is 7.59. The third kappa shape index (κ3) is 4.10. The van der Waals surface area contributed by atoms with E-state index in [0.29, 0.717) is 26.2 Å². The van der Waals surface area contributed by atoms with Crippen molar-refractivity contribution in [3.05, 3.63) is 0 Å². The Morgan fingerprint density at radius 3 is 2.62 bits per heavy atom. The zero-order valence-electron chi connectivity index (χ0n) is 10.4. The normalized spacial score (nSPS) is 19.2. The highest BCUT2D eigenvalue weighted by molar-refractivity contribution is 5.71. The molecule has 1 saturated heterocycles. The van der Waals surface area contributed by atoms with E-state index in [4.69, 9.17) is 4.74 Å². The zero-order valence-corrected chi connectivity index (χ0v) is 10.4. The van der Waals surface area contributed by atoms with Gasteiger partial charge in [-0.15, -0.1) is 0 Å². The summed E-state index contributed by atoms with van der Waals surface area (Å²) in [5, 5.41) is 9.91. The van der Waals surface area contributed by atoms with Gasteiger partial charge in [0.1, 0.15) is 0 Å². The number of carbonyl (C=O) groups excluding carboxylic acids is 1. The summed E-state index contributed by atoms with van der Waals surface area (Å²) in [7, 11) is 0. The summed E-state index contributed by atoms with van der Waals surface area (Å²) in [6, 6.07) is 0. The minimum atomic E-state index is -0.557. The number of nitrogens with zero attached hydrogens (tertiary/aromatic N) is 1. The summed E-state index contributed by atoms with van der Waals surface area (Å²) in [5.74, 6) is -0.174. The van der Waals surface area contributed by atoms with Crippen LogP contribution in [0.25, 0.3) is 0 Å². The number of β-amino-alcohol motifs (C(OH)–C–C–N with tert-alkyl or cyclic N) is 1. The maximum absolute atomic E-state index is 11.3. The largest absolute Gasteiger partial charge is 0.465 e. The topological polar surface area (TPSA) is 49.8 Å². The lowest BCUT2D eigenvalue weighted by Gasteiger charge is -2.46. The van der Waals surface area contributed by atoms with Crippen molar-refractivity contribution < 1.29 is 14.6 Å². The number of likely N-dealkylation sites (tertiary alicyclic amines) is 1. The number of hydrogen-bond acceptors (Lipinski definition) is 4. The van der Waals surface area contributed by atoms with Crippen LogP contribution in [0.3, 0.4) is 0 Å². The van der Waals surface area contributed by atoms with Crippen LogP contribution in [-0.2, 0) is 9.53 Å². The Hall–Kier alpha value is -0.610. The zero-order chi connectivity index (χ0) is 12.0. The molecule has 0 aliphatic carbocycles. The van der Waals surface area contributed by atoms with Gasteiger partial charge in [0.15, 0.2) is 0 Å². The predicted molar refractivity (Wildman–Crippen MR) is 62.2 cm³/mol. The fourth-order valence-electron chi connectivity index (χ4n) is 2.08. The van der Waals surface area contributed by atoms with Gasteiger partial charge in [-0.2, -0.15) is 0 Å². The number of rotatable bonds is 7. The summed E-state index contributed by atoms with van der Waals surface area (Å²) in [5.41, 5.74) is -0.557. The average Bonchev–Trinajstić information content (AvgIpc) is 2.16. The Morgan fingerprint density at radius 1 is 1.38 bits per heavy atom. The molecule has 1 heterocycles. The summed E-state index contributed by atoms with van der Waals surface area (Å²) >= 11 is 0. The second-order valence-electron chi connectivity index (χ2n) is 4.69. The van der Waals surface area contributed by atoms with E-state index in [9.17, 15) is 9.90 Å². The molecule has 0 saturated carbocycles. The van der Waals surface area contributed by atoms with Crippen molar-refractivity contribution in [3.63, 3.8) is 0 Å². The molecule has 0 unspecified atom stereocenters. The fraction of sp³-hybridized carbons (Fsp3) is 0.917. The Kier molecular flexibility index (Phi) is 5.22.